The summed E-state index contributed by atoms with van der Waals surface area (Å²) in [5.74, 6) is -2.16. The summed E-state index contributed by atoms with van der Waals surface area (Å²) in [4.78, 5) is 22.0. The van der Waals surface area contributed by atoms with E-state index in [0.717, 1.165) is 6.07 Å². The minimum atomic E-state index is -1.17. The number of ether oxygens (including phenoxy) is 1. The number of hydrogen-bond acceptors (Lipinski definition) is 3. The lowest BCUT2D eigenvalue weighted by Crippen LogP contribution is -2.25. The number of carbonyl (C=O) groups is 2. The molecule has 0 atom stereocenters. The molecule has 17 heavy (non-hydrogen) atoms. The van der Waals surface area contributed by atoms with Gasteiger partial charge in [-0.25, -0.2) is 9.18 Å². The number of nitrogens with two attached hydrogens (primary N) is 1. The van der Waals surface area contributed by atoms with Gasteiger partial charge in [0.25, 0.3) is 5.91 Å². The molecule has 0 saturated heterocycles. The Labute approximate surface area is 102 Å². The van der Waals surface area contributed by atoms with Crippen LogP contribution in [0.1, 0.15) is 17.3 Å². The monoisotopic (exact) mass is 260 g/mol. The van der Waals surface area contributed by atoms with E-state index >= 15 is 0 Å². The molecule has 0 spiro atoms. The SMILES string of the molecule is CCNC(=O)c1c(Cl)ccc(OC(N)=O)c1F. The maximum atomic E-state index is 13.8. The molecule has 7 heteroatoms. The second kappa shape index (κ2) is 5.49. The highest BCUT2D eigenvalue weighted by atomic mass is 35.5. The number of amides is 2. The molecule has 0 radical (unpaired) electrons. The van der Waals surface area contributed by atoms with Crippen LogP contribution in [-0.4, -0.2) is 18.5 Å². The first-order chi connectivity index (χ1) is 7.97. The molecule has 1 aromatic rings. The Balaban J connectivity index is 3.19. The van der Waals surface area contributed by atoms with Crippen LogP contribution in [0.2, 0.25) is 5.02 Å². The van der Waals surface area contributed by atoms with Crippen LogP contribution >= 0.6 is 11.6 Å². The summed E-state index contributed by atoms with van der Waals surface area (Å²) in [5.41, 5.74) is 4.37. The van der Waals surface area contributed by atoms with Crippen LogP contribution in [0.5, 0.6) is 5.75 Å². The largest absolute Gasteiger partial charge is 0.410 e. The van der Waals surface area contributed by atoms with Crippen molar-refractivity contribution < 1.29 is 18.7 Å². The van der Waals surface area contributed by atoms with Crippen molar-refractivity contribution >= 4 is 23.6 Å². The van der Waals surface area contributed by atoms with Crippen molar-refractivity contribution in [3.05, 3.63) is 28.5 Å². The van der Waals surface area contributed by atoms with Gasteiger partial charge in [-0.15, -0.1) is 0 Å². The van der Waals surface area contributed by atoms with E-state index in [2.05, 4.69) is 10.1 Å². The summed E-state index contributed by atoms with van der Waals surface area (Å²) in [6, 6.07) is 2.36. The number of carbonyl (C=O) groups excluding carboxylic acids is 2. The second-order valence-corrected chi connectivity index (χ2v) is 3.42. The van der Waals surface area contributed by atoms with Crippen molar-refractivity contribution in [1.82, 2.24) is 5.32 Å². The van der Waals surface area contributed by atoms with E-state index in [1.807, 2.05) is 0 Å². The number of hydrogen-bond donors (Lipinski definition) is 2. The Kier molecular flexibility index (Phi) is 4.28. The topological polar surface area (TPSA) is 81.4 Å². The van der Waals surface area contributed by atoms with Gasteiger partial charge in [0.05, 0.1) is 10.6 Å². The van der Waals surface area contributed by atoms with Gasteiger partial charge in [-0.2, -0.15) is 0 Å². The van der Waals surface area contributed by atoms with Gasteiger partial charge in [0.2, 0.25) is 0 Å². The third kappa shape index (κ3) is 3.07. The van der Waals surface area contributed by atoms with Gasteiger partial charge in [0.1, 0.15) is 0 Å². The van der Waals surface area contributed by atoms with Crippen molar-refractivity contribution in [2.45, 2.75) is 6.92 Å². The standard InChI is InChI=1S/C10H10ClFN2O3/c1-2-14-9(15)7-5(11)3-4-6(8(7)12)17-10(13)16/h3-4H,2H2,1H3,(H2,13,16)(H,14,15). The lowest BCUT2D eigenvalue weighted by Gasteiger charge is -2.09. The van der Waals surface area contributed by atoms with Crippen molar-refractivity contribution in [2.75, 3.05) is 6.54 Å². The molecular formula is C10H10ClFN2O3. The first-order valence-corrected chi connectivity index (χ1v) is 5.08. The molecule has 0 fully saturated rings. The summed E-state index contributed by atoms with van der Waals surface area (Å²) in [5, 5.41) is 2.31. The molecule has 2 amide bonds. The third-order valence-electron chi connectivity index (χ3n) is 1.83. The number of nitrogens with one attached hydrogen (secondary N) is 1. The van der Waals surface area contributed by atoms with Crippen LogP contribution in [0.4, 0.5) is 9.18 Å². The molecule has 0 aliphatic carbocycles. The zero-order valence-electron chi connectivity index (χ0n) is 8.92. The summed E-state index contributed by atoms with van der Waals surface area (Å²) in [6.07, 6.45) is -1.17. The Bertz CT molecular complexity index is 465. The van der Waals surface area contributed by atoms with Gasteiger partial charge < -0.3 is 15.8 Å². The van der Waals surface area contributed by atoms with Crippen LogP contribution in [0.25, 0.3) is 0 Å². The molecule has 3 N–H and O–H groups in total. The maximum Gasteiger partial charge on any atom is 0.410 e. The molecule has 0 aliphatic heterocycles. The van der Waals surface area contributed by atoms with Gasteiger partial charge >= 0.3 is 6.09 Å². The zero-order chi connectivity index (χ0) is 13.0. The van der Waals surface area contributed by atoms with E-state index in [9.17, 15) is 14.0 Å². The second-order valence-electron chi connectivity index (χ2n) is 3.02. The molecular weight excluding hydrogens is 251 g/mol. The van der Waals surface area contributed by atoms with Gasteiger partial charge in [-0.05, 0) is 19.1 Å². The third-order valence-corrected chi connectivity index (χ3v) is 2.15. The van der Waals surface area contributed by atoms with E-state index < -0.39 is 23.6 Å². The van der Waals surface area contributed by atoms with Crippen molar-refractivity contribution in [2.24, 2.45) is 5.73 Å². The minimum Gasteiger partial charge on any atom is -0.407 e. The summed E-state index contributed by atoms with van der Waals surface area (Å²) in [7, 11) is 0. The predicted octanol–water partition coefficient (Wildman–Crippen LogP) is 1.69. The fraction of sp³-hybridized carbons (Fsp3) is 0.200. The highest BCUT2D eigenvalue weighted by Crippen LogP contribution is 2.27. The number of primary amides is 1. The Morgan fingerprint density at radius 2 is 2.18 bits per heavy atom. The Morgan fingerprint density at radius 3 is 2.71 bits per heavy atom. The van der Waals surface area contributed by atoms with E-state index in [4.69, 9.17) is 17.3 Å². The van der Waals surface area contributed by atoms with Gasteiger partial charge in [-0.3, -0.25) is 4.79 Å². The number of halogens is 2. The fourth-order valence-electron chi connectivity index (χ4n) is 1.18. The molecule has 92 valence electrons. The van der Waals surface area contributed by atoms with Crippen LogP contribution in [0, 0.1) is 5.82 Å². The van der Waals surface area contributed by atoms with Crippen molar-refractivity contribution in [1.29, 1.82) is 0 Å². The van der Waals surface area contributed by atoms with Crippen LogP contribution in [0.15, 0.2) is 12.1 Å². The molecule has 0 aromatic heterocycles. The quantitative estimate of drug-likeness (QED) is 0.868. The first kappa shape index (κ1) is 13.2. The van der Waals surface area contributed by atoms with E-state index in [-0.39, 0.29) is 10.6 Å². The fourth-order valence-corrected chi connectivity index (χ4v) is 1.41. The Morgan fingerprint density at radius 1 is 1.53 bits per heavy atom. The molecule has 1 rings (SSSR count). The molecule has 0 unspecified atom stereocenters. The molecule has 5 nitrogen and oxygen atoms in total. The number of benzene rings is 1. The molecule has 0 aliphatic rings. The van der Waals surface area contributed by atoms with E-state index in [1.165, 1.54) is 6.07 Å². The van der Waals surface area contributed by atoms with Crippen LogP contribution in [0.3, 0.4) is 0 Å². The van der Waals surface area contributed by atoms with Gasteiger partial charge in [0.15, 0.2) is 11.6 Å². The zero-order valence-corrected chi connectivity index (χ0v) is 9.68. The summed E-state index contributed by atoms with van der Waals surface area (Å²) >= 11 is 5.70. The minimum absolute atomic E-state index is 0.0785. The van der Waals surface area contributed by atoms with Crippen LogP contribution in [-0.2, 0) is 0 Å². The lowest BCUT2D eigenvalue weighted by molar-refractivity contribution is 0.0951. The van der Waals surface area contributed by atoms with Crippen molar-refractivity contribution in [3.63, 3.8) is 0 Å². The average Bonchev–Trinajstić information content (AvgIpc) is 2.22. The highest BCUT2D eigenvalue weighted by Gasteiger charge is 2.20. The van der Waals surface area contributed by atoms with Gasteiger partial charge in [-0.1, -0.05) is 11.6 Å². The highest BCUT2D eigenvalue weighted by molar-refractivity contribution is 6.34. The molecule has 1 aromatic carbocycles. The van der Waals surface area contributed by atoms with E-state index in [0.29, 0.717) is 6.54 Å². The van der Waals surface area contributed by atoms with Gasteiger partial charge in [0, 0.05) is 6.54 Å². The predicted molar refractivity (Wildman–Crippen MR) is 59.6 cm³/mol. The molecule has 0 saturated carbocycles. The maximum absolute atomic E-state index is 13.8. The van der Waals surface area contributed by atoms with Crippen molar-refractivity contribution in [3.8, 4) is 5.75 Å². The smallest absolute Gasteiger partial charge is 0.407 e. The Hall–Kier alpha value is -1.82. The summed E-state index contributed by atoms with van der Waals surface area (Å²) in [6.45, 7) is 1.99. The number of rotatable bonds is 3. The molecule has 0 heterocycles. The van der Waals surface area contributed by atoms with E-state index in [1.54, 1.807) is 6.92 Å². The molecule has 0 bridgehead atoms. The first-order valence-electron chi connectivity index (χ1n) is 4.70. The summed E-state index contributed by atoms with van der Waals surface area (Å²) < 4.78 is 18.2. The lowest BCUT2D eigenvalue weighted by atomic mass is 10.2. The normalized spacial score (nSPS) is 9.82. The van der Waals surface area contributed by atoms with Crippen LogP contribution < -0.4 is 15.8 Å². The average molecular weight is 261 g/mol.